The number of ketones is 1. The minimum atomic E-state index is 0.0456. The Morgan fingerprint density at radius 2 is 2.18 bits per heavy atom. The number of hydrogen-bond acceptors (Lipinski definition) is 5. The first-order valence-electron chi connectivity index (χ1n) is 6.01. The van der Waals surface area contributed by atoms with Crippen LogP contribution in [0.3, 0.4) is 0 Å². The summed E-state index contributed by atoms with van der Waals surface area (Å²) in [5, 5.41) is 0. The summed E-state index contributed by atoms with van der Waals surface area (Å²) in [4.78, 5) is 22.0. The summed E-state index contributed by atoms with van der Waals surface area (Å²) in [6.07, 6.45) is 6.82. The molecule has 1 aromatic heterocycles. The number of carbonyl (C=O) groups is 1. The van der Waals surface area contributed by atoms with Crippen molar-refractivity contribution in [2.24, 2.45) is 11.7 Å². The Balaban J connectivity index is 1.84. The second-order valence-electron chi connectivity index (χ2n) is 4.47. The minimum Gasteiger partial charge on any atom is -0.330 e. The van der Waals surface area contributed by atoms with Crippen LogP contribution in [0.4, 0.5) is 0 Å². The molecule has 0 radical (unpaired) electrons. The fraction of sp³-hybridized carbons (Fsp3) is 0.583. The monoisotopic (exact) mass is 234 g/mol. The molecule has 5 heteroatoms. The number of nitrogens with zero attached hydrogens (tertiary/aromatic N) is 3. The van der Waals surface area contributed by atoms with Gasteiger partial charge in [-0.2, -0.15) is 0 Å². The molecule has 0 aliphatic carbocycles. The zero-order valence-corrected chi connectivity index (χ0v) is 9.88. The van der Waals surface area contributed by atoms with Crippen molar-refractivity contribution in [1.29, 1.82) is 0 Å². The van der Waals surface area contributed by atoms with Crippen LogP contribution in [0.15, 0.2) is 18.6 Å². The molecular weight excluding hydrogens is 216 g/mol. The maximum Gasteiger partial charge on any atom is 0.196 e. The van der Waals surface area contributed by atoms with E-state index < -0.39 is 0 Å². The fourth-order valence-electron chi connectivity index (χ4n) is 2.11. The van der Waals surface area contributed by atoms with Crippen LogP contribution < -0.4 is 5.73 Å². The topological polar surface area (TPSA) is 72.1 Å². The standard InChI is InChI=1S/C12H18N4O/c13-7-10-1-5-16(6-2-10)9-12(17)11-8-14-3-4-15-11/h3-4,8,10H,1-2,5-7,9,13H2. The van der Waals surface area contributed by atoms with E-state index in [1.807, 2.05) is 0 Å². The van der Waals surface area contributed by atoms with Crippen LogP contribution in [-0.2, 0) is 0 Å². The van der Waals surface area contributed by atoms with Gasteiger partial charge in [0.2, 0.25) is 0 Å². The Bertz CT molecular complexity index is 360. The van der Waals surface area contributed by atoms with Gasteiger partial charge in [0.15, 0.2) is 5.78 Å². The molecule has 92 valence electrons. The van der Waals surface area contributed by atoms with E-state index >= 15 is 0 Å². The van der Waals surface area contributed by atoms with Crippen LogP contribution in [0, 0.1) is 5.92 Å². The number of nitrogens with two attached hydrogens (primary N) is 1. The summed E-state index contributed by atoms with van der Waals surface area (Å²) in [5.41, 5.74) is 6.09. The Morgan fingerprint density at radius 3 is 2.76 bits per heavy atom. The van der Waals surface area contributed by atoms with Crippen molar-refractivity contribution >= 4 is 5.78 Å². The normalized spacial score (nSPS) is 18.2. The summed E-state index contributed by atoms with van der Waals surface area (Å²) in [6, 6.07) is 0. The van der Waals surface area contributed by atoms with Crippen molar-refractivity contribution in [2.45, 2.75) is 12.8 Å². The Labute approximate surface area is 101 Å². The van der Waals surface area contributed by atoms with E-state index in [0.29, 0.717) is 18.2 Å². The first-order valence-corrected chi connectivity index (χ1v) is 6.01. The maximum atomic E-state index is 11.9. The summed E-state index contributed by atoms with van der Waals surface area (Å²) in [5.74, 6) is 0.669. The molecule has 0 atom stereocenters. The van der Waals surface area contributed by atoms with Gasteiger partial charge in [0.05, 0.1) is 12.7 Å². The number of aromatic nitrogens is 2. The molecular formula is C12H18N4O. The highest BCUT2D eigenvalue weighted by Crippen LogP contribution is 2.15. The van der Waals surface area contributed by atoms with Gasteiger partial charge in [-0.3, -0.25) is 14.7 Å². The molecule has 5 nitrogen and oxygen atoms in total. The molecule has 0 unspecified atom stereocenters. The van der Waals surface area contributed by atoms with E-state index in [2.05, 4.69) is 14.9 Å². The number of Topliss-reactive ketones (excluding diaryl/α,β-unsaturated/α-hetero) is 1. The average molecular weight is 234 g/mol. The lowest BCUT2D eigenvalue weighted by Gasteiger charge is -2.30. The van der Waals surface area contributed by atoms with E-state index in [0.717, 1.165) is 32.5 Å². The molecule has 0 amide bonds. The van der Waals surface area contributed by atoms with Crippen molar-refractivity contribution in [3.05, 3.63) is 24.3 Å². The summed E-state index contributed by atoms with van der Waals surface area (Å²) >= 11 is 0. The van der Waals surface area contributed by atoms with E-state index in [4.69, 9.17) is 5.73 Å². The molecule has 0 aromatic carbocycles. The highest BCUT2D eigenvalue weighted by Gasteiger charge is 2.20. The summed E-state index contributed by atoms with van der Waals surface area (Å²) < 4.78 is 0. The number of piperidine rings is 1. The van der Waals surface area contributed by atoms with Gasteiger partial charge in [0, 0.05) is 12.4 Å². The molecule has 17 heavy (non-hydrogen) atoms. The van der Waals surface area contributed by atoms with Gasteiger partial charge >= 0.3 is 0 Å². The van der Waals surface area contributed by atoms with Gasteiger partial charge in [-0.15, -0.1) is 0 Å². The molecule has 1 saturated heterocycles. The second kappa shape index (κ2) is 5.84. The number of likely N-dealkylation sites (tertiary alicyclic amines) is 1. The van der Waals surface area contributed by atoms with Crippen LogP contribution >= 0.6 is 0 Å². The highest BCUT2D eigenvalue weighted by molar-refractivity contribution is 5.95. The van der Waals surface area contributed by atoms with Crippen molar-refractivity contribution < 1.29 is 4.79 Å². The van der Waals surface area contributed by atoms with E-state index in [-0.39, 0.29) is 5.78 Å². The predicted octanol–water partition coefficient (Wildman–Crippen LogP) is 0.330. The van der Waals surface area contributed by atoms with Gasteiger partial charge in [0.1, 0.15) is 5.69 Å². The lowest BCUT2D eigenvalue weighted by atomic mass is 9.97. The van der Waals surface area contributed by atoms with Gasteiger partial charge in [0.25, 0.3) is 0 Å². The maximum absolute atomic E-state index is 11.9. The third kappa shape index (κ3) is 3.31. The van der Waals surface area contributed by atoms with Crippen molar-refractivity contribution in [3.63, 3.8) is 0 Å². The quantitative estimate of drug-likeness (QED) is 0.760. The van der Waals surface area contributed by atoms with Crippen LogP contribution in [0.25, 0.3) is 0 Å². The zero-order chi connectivity index (χ0) is 12.1. The SMILES string of the molecule is NCC1CCN(CC(=O)c2cnccn2)CC1. The van der Waals surface area contributed by atoms with E-state index in [1.165, 1.54) is 6.20 Å². The third-order valence-corrected chi connectivity index (χ3v) is 3.26. The Hall–Kier alpha value is -1.33. The van der Waals surface area contributed by atoms with Gasteiger partial charge in [-0.05, 0) is 38.4 Å². The largest absolute Gasteiger partial charge is 0.330 e. The number of carbonyl (C=O) groups excluding carboxylic acids is 1. The molecule has 2 heterocycles. The van der Waals surface area contributed by atoms with Gasteiger partial charge in [-0.25, -0.2) is 4.98 Å². The molecule has 1 aliphatic heterocycles. The Morgan fingerprint density at radius 1 is 1.41 bits per heavy atom. The fourth-order valence-corrected chi connectivity index (χ4v) is 2.11. The van der Waals surface area contributed by atoms with Crippen molar-refractivity contribution in [3.8, 4) is 0 Å². The number of rotatable bonds is 4. The zero-order valence-electron chi connectivity index (χ0n) is 9.88. The first kappa shape index (κ1) is 12.1. The molecule has 1 fully saturated rings. The van der Waals surface area contributed by atoms with Crippen LogP contribution in [0.1, 0.15) is 23.3 Å². The van der Waals surface area contributed by atoms with Crippen molar-refractivity contribution in [1.82, 2.24) is 14.9 Å². The van der Waals surface area contributed by atoms with Crippen LogP contribution in [0.5, 0.6) is 0 Å². The van der Waals surface area contributed by atoms with E-state index in [1.54, 1.807) is 12.4 Å². The molecule has 0 bridgehead atoms. The summed E-state index contributed by atoms with van der Waals surface area (Å²) in [6.45, 7) is 3.10. The molecule has 0 spiro atoms. The van der Waals surface area contributed by atoms with Crippen LogP contribution in [-0.4, -0.2) is 46.8 Å². The molecule has 0 saturated carbocycles. The lowest BCUT2D eigenvalue weighted by Crippen LogP contribution is -2.39. The third-order valence-electron chi connectivity index (χ3n) is 3.26. The minimum absolute atomic E-state index is 0.0456. The number of hydrogen-bond donors (Lipinski definition) is 1. The molecule has 1 aromatic rings. The Kier molecular flexibility index (Phi) is 4.17. The highest BCUT2D eigenvalue weighted by atomic mass is 16.1. The smallest absolute Gasteiger partial charge is 0.196 e. The molecule has 1 aliphatic rings. The van der Waals surface area contributed by atoms with E-state index in [9.17, 15) is 4.79 Å². The van der Waals surface area contributed by atoms with Gasteiger partial charge in [-0.1, -0.05) is 0 Å². The van der Waals surface area contributed by atoms with Gasteiger partial charge < -0.3 is 5.73 Å². The average Bonchev–Trinajstić information content (AvgIpc) is 2.40. The first-order chi connectivity index (χ1) is 8.29. The second-order valence-corrected chi connectivity index (χ2v) is 4.47. The predicted molar refractivity (Wildman–Crippen MR) is 64.6 cm³/mol. The van der Waals surface area contributed by atoms with Crippen molar-refractivity contribution in [2.75, 3.05) is 26.2 Å². The molecule has 2 rings (SSSR count). The summed E-state index contributed by atoms with van der Waals surface area (Å²) in [7, 11) is 0. The van der Waals surface area contributed by atoms with Crippen LogP contribution in [0.2, 0.25) is 0 Å². The lowest BCUT2D eigenvalue weighted by molar-refractivity contribution is 0.0892. The molecule has 2 N–H and O–H groups in total.